The lowest BCUT2D eigenvalue weighted by Crippen LogP contribution is -2.41. The van der Waals surface area contributed by atoms with E-state index in [1.54, 1.807) is 9.58 Å². The Labute approximate surface area is 275 Å². The molecule has 15 heteroatoms. The number of anilines is 2. The van der Waals surface area contributed by atoms with Gasteiger partial charge in [-0.3, -0.25) is 9.69 Å². The zero-order valence-electron chi connectivity index (χ0n) is 26.4. The first-order valence-corrected chi connectivity index (χ1v) is 17.4. The lowest BCUT2D eigenvalue weighted by Gasteiger charge is -2.32. The highest BCUT2D eigenvalue weighted by atomic mass is 32.2. The molecule has 11 nitrogen and oxygen atoms in total. The van der Waals surface area contributed by atoms with Crippen molar-refractivity contribution in [1.29, 1.82) is 0 Å². The Morgan fingerprint density at radius 3 is 2.43 bits per heavy atom. The summed E-state index contributed by atoms with van der Waals surface area (Å²) >= 11 is 1.46. The van der Waals surface area contributed by atoms with Gasteiger partial charge in [0.25, 0.3) is 0 Å². The number of halogens is 3. The van der Waals surface area contributed by atoms with E-state index in [9.17, 15) is 23.1 Å². The van der Waals surface area contributed by atoms with E-state index in [0.717, 1.165) is 38.8 Å². The van der Waals surface area contributed by atoms with Gasteiger partial charge in [-0.25, -0.2) is 14.6 Å². The van der Waals surface area contributed by atoms with Crippen molar-refractivity contribution in [3.63, 3.8) is 0 Å². The second kappa shape index (κ2) is 13.1. The van der Waals surface area contributed by atoms with E-state index < -0.39 is 23.2 Å². The van der Waals surface area contributed by atoms with Crippen LogP contribution in [0.1, 0.15) is 62.2 Å². The van der Waals surface area contributed by atoms with Gasteiger partial charge in [0, 0.05) is 58.8 Å². The molecule has 2 aromatic heterocycles. The van der Waals surface area contributed by atoms with Gasteiger partial charge in [-0.05, 0) is 56.1 Å². The minimum atomic E-state index is -4.78. The van der Waals surface area contributed by atoms with Gasteiger partial charge in [-0.1, -0.05) is 24.3 Å². The van der Waals surface area contributed by atoms with Crippen molar-refractivity contribution in [2.45, 2.75) is 80.5 Å². The molecule has 3 atom stereocenters. The number of β-amino-alcohol motifs (C(OH)–C–C–N with tert-alkyl or cyclic N) is 1. The number of fused-ring (bicyclic) bond motifs is 2. The summed E-state index contributed by atoms with van der Waals surface area (Å²) in [5.41, 5.74) is 3.11. The van der Waals surface area contributed by atoms with Crippen molar-refractivity contribution < 1.29 is 27.8 Å². The molecule has 0 radical (unpaired) electrons. The molecule has 7 rings (SSSR count). The van der Waals surface area contributed by atoms with E-state index in [2.05, 4.69) is 49.8 Å². The molecule has 0 spiro atoms. The van der Waals surface area contributed by atoms with Gasteiger partial charge in [0.15, 0.2) is 17.9 Å². The fourth-order valence-corrected chi connectivity index (χ4v) is 7.99. The molecule has 3 N–H and O–H groups in total. The molecule has 0 bridgehead atoms. The highest BCUT2D eigenvalue weighted by Gasteiger charge is 2.55. The molecule has 3 saturated heterocycles. The molecule has 3 aromatic rings. The second-order valence-corrected chi connectivity index (χ2v) is 14.5. The summed E-state index contributed by atoms with van der Waals surface area (Å²) in [5, 5.41) is 22.5. The number of carbonyl (C=O) groups excluding carboxylic acids is 1. The van der Waals surface area contributed by atoms with Crippen molar-refractivity contribution in [2.24, 2.45) is 0 Å². The topological polar surface area (TPSA) is 121 Å². The Kier molecular flexibility index (Phi) is 9.00. The van der Waals surface area contributed by atoms with Crippen molar-refractivity contribution in [1.82, 2.24) is 29.5 Å². The highest BCUT2D eigenvalue weighted by Crippen LogP contribution is 2.52. The van der Waals surface area contributed by atoms with Crippen molar-refractivity contribution in [3.05, 3.63) is 41.2 Å². The molecule has 4 aliphatic rings. The number of alkyl halides is 3. The summed E-state index contributed by atoms with van der Waals surface area (Å²) in [6.45, 7) is 5.60. The first-order chi connectivity index (χ1) is 22.6. The number of benzene rings is 1. The molecule has 4 aliphatic heterocycles. The number of likely N-dealkylation sites (tertiary alicyclic amines) is 1. The number of piperidine rings is 1. The zero-order valence-corrected chi connectivity index (χ0v) is 27.2. The maximum Gasteiger partial charge on any atom is 0.451 e. The van der Waals surface area contributed by atoms with E-state index in [4.69, 9.17) is 9.84 Å². The van der Waals surface area contributed by atoms with Crippen LogP contribution in [-0.2, 0) is 28.5 Å². The Bertz CT molecular complexity index is 1580. The average Bonchev–Trinajstić information content (AvgIpc) is 3.62. The van der Waals surface area contributed by atoms with E-state index in [1.165, 1.54) is 29.8 Å². The predicted molar refractivity (Wildman–Crippen MR) is 173 cm³/mol. The molecular weight excluding hydrogens is 633 g/mol. The third kappa shape index (κ3) is 7.03. The fourth-order valence-electron chi connectivity index (χ4n) is 6.98. The van der Waals surface area contributed by atoms with Gasteiger partial charge in [-0.2, -0.15) is 13.2 Å². The van der Waals surface area contributed by atoms with E-state index in [-0.39, 0.29) is 34.4 Å². The van der Waals surface area contributed by atoms with Crippen LogP contribution in [0.2, 0.25) is 0 Å². The average molecular weight is 675 g/mol. The Hall–Kier alpha value is -3.14. The number of ether oxygens (including phenoxy) is 1. The van der Waals surface area contributed by atoms with Crippen molar-refractivity contribution >= 4 is 40.3 Å². The standard InChI is InChI=1S/C32H41F3N8O3S/c1-20(44)42-15-11-23(12-16-42)37-29-27-26(38-30(39-29)32(33,34)35)28(40-43(27)25-8-4-5-17-46-25)36-18-24-31(45,47-24)19-41-13-9-21-6-2-3-7-22(21)10-14-41/h2-3,6-7,23-25,45H,4-5,8-19H2,1H3,(H,36,40)(H,37,38,39)/t24?,25?,31-/m1/s1. The van der Waals surface area contributed by atoms with Crippen molar-refractivity contribution in [2.75, 3.05) is 56.5 Å². The van der Waals surface area contributed by atoms with Crippen LogP contribution in [-0.4, -0.2) is 103 Å². The molecule has 6 heterocycles. The summed E-state index contributed by atoms with van der Waals surface area (Å²) in [6, 6.07) is 8.28. The van der Waals surface area contributed by atoms with E-state index >= 15 is 0 Å². The number of amides is 1. The van der Waals surface area contributed by atoms with Gasteiger partial charge in [-0.15, -0.1) is 16.9 Å². The lowest BCUT2D eigenvalue weighted by molar-refractivity contribution is -0.144. The highest BCUT2D eigenvalue weighted by molar-refractivity contribution is 8.08. The van der Waals surface area contributed by atoms with Crippen LogP contribution in [0.3, 0.4) is 0 Å². The molecule has 1 amide bonds. The van der Waals surface area contributed by atoms with E-state index in [0.29, 0.717) is 57.6 Å². The minimum absolute atomic E-state index is 0.0202. The largest absolute Gasteiger partial charge is 0.451 e. The zero-order chi connectivity index (χ0) is 32.8. The third-order valence-corrected chi connectivity index (χ3v) is 11.1. The van der Waals surface area contributed by atoms with Crippen molar-refractivity contribution in [3.8, 4) is 0 Å². The first-order valence-electron chi connectivity index (χ1n) is 16.5. The molecule has 2 unspecified atom stereocenters. The summed E-state index contributed by atoms with van der Waals surface area (Å²) in [4.78, 5) is 22.9. The molecular formula is C32H41F3N8O3S. The Morgan fingerprint density at radius 2 is 1.79 bits per heavy atom. The predicted octanol–water partition coefficient (Wildman–Crippen LogP) is 4.28. The fraction of sp³-hybridized carbons (Fsp3) is 0.625. The van der Waals surface area contributed by atoms with Gasteiger partial charge >= 0.3 is 6.18 Å². The van der Waals surface area contributed by atoms with Gasteiger partial charge < -0.3 is 25.4 Å². The number of aromatic nitrogens is 4. The van der Waals surface area contributed by atoms with Crippen LogP contribution in [0.15, 0.2) is 24.3 Å². The van der Waals surface area contributed by atoms with Gasteiger partial charge in [0.05, 0.1) is 5.25 Å². The SMILES string of the molecule is CC(=O)N1CCC(Nc2nc(C(F)(F)F)nc3c(NCC4S[C@]4(O)CN4CCc5ccccc5CC4)nn(C4CCCCO4)c23)CC1. The van der Waals surface area contributed by atoms with Gasteiger partial charge in [0.2, 0.25) is 11.7 Å². The molecule has 254 valence electrons. The van der Waals surface area contributed by atoms with Gasteiger partial charge in [0.1, 0.15) is 16.0 Å². The van der Waals surface area contributed by atoms with Crippen LogP contribution in [0.25, 0.3) is 11.0 Å². The maximum atomic E-state index is 14.2. The monoisotopic (exact) mass is 674 g/mol. The minimum Gasteiger partial charge on any atom is -0.377 e. The van der Waals surface area contributed by atoms with Crippen LogP contribution in [0.5, 0.6) is 0 Å². The number of carbonyl (C=O) groups is 1. The summed E-state index contributed by atoms with van der Waals surface area (Å²) in [6.07, 6.45) is 0.222. The number of rotatable bonds is 8. The number of aliphatic hydroxyl groups is 1. The molecule has 0 saturated carbocycles. The number of nitrogens with zero attached hydrogens (tertiary/aromatic N) is 6. The van der Waals surface area contributed by atoms with Crippen LogP contribution in [0.4, 0.5) is 24.8 Å². The smallest absolute Gasteiger partial charge is 0.377 e. The Balaban J connectivity index is 1.12. The number of hydrogen-bond donors (Lipinski definition) is 3. The summed E-state index contributed by atoms with van der Waals surface area (Å²) in [7, 11) is 0. The Morgan fingerprint density at radius 1 is 1.06 bits per heavy atom. The number of thioether (sulfide) groups is 1. The molecule has 0 aliphatic carbocycles. The number of nitrogens with one attached hydrogen (secondary N) is 2. The van der Waals surface area contributed by atoms with Crippen LogP contribution >= 0.6 is 11.8 Å². The summed E-state index contributed by atoms with van der Waals surface area (Å²) in [5.74, 6) is -1.01. The summed E-state index contributed by atoms with van der Waals surface area (Å²) < 4.78 is 50.1. The molecule has 3 fully saturated rings. The second-order valence-electron chi connectivity index (χ2n) is 13.0. The molecule has 1 aromatic carbocycles. The molecule has 47 heavy (non-hydrogen) atoms. The third-order valence-electron chi connectivity index (χ3n) is 9.72. The van der Waals surface area contributed by atoms with E-state index in [1.807, 2.05) is 0 Å². The van der Waals surface area contributed by atoms with Crippen LogP contribution < -0.4 is 10.6 Å². The maximum absolute atomic E-state index is 14.2. The number of hydrogen-bond acceptors (Lipinski definition) is 10. The van der Waals surface area contributed by atoms with Crippen LogP contribution in [0, 0.1) is 0 Å². The first kappa shape index (κ1) is 32.4. The quantitative estimate of drug-likeness (QED) is 0.299. The lowest BCUT2D eigenvalue weighted by atomic mass is 10.0. The normalized spacial score (nSPS) is 25.8.